The standard InChI is InChI=1S/12CHO.Fe/c12*1-2;/h12*1H;/q12*-1;. The third-order valence-electron chi connectivity index (χ3n) is 0. The molecule has 0 heterocycles. The van der Waals surface area contributed by atoms with Crippen LogP contribution < -0.4 is 0 Å². The molecule has 0 N–H and O–H groups in total. The van der Waals surface area contributed by atoms with E-state index < -0.39 is 0 Å². The van der Waals surface area contributed by atoms with Gasteiger partial charge in [0.1, 0.15) is 0 Å². The molecule has 13 heteroatoms. The summed E-state index contributed by atoms with van der Waals surface area (Å²) in [5.41, 5.74) is 0. The van der Waals surface area contributed by atoms with E-state index in [2.05, 4.69) is 81.5 Å². The maximum atomic E-state index is 7.75. The zero-order valence-electron chi connectivity index (χ0n) is 12.2. The normalized spacial score (nSPS) is 1.92. The topological polar surface area (TPSA) is 205 Å². The quantitative estimate of drug-likeness (QED) is 0.221. The summed E-state index contributed by atoms with van der Waals surface area (Å²) in [6.07, 6.45) is 0. The molecule has 0 atom stereocenters. The molecule has 25 heavy (non-hydrogen) atoms. The van der Waals surface area contributed by atoms with Crippen LogP contribution in [0.2, 0.25) is 0 Å². The van der Waals surface area contributed by atoms with Crippen LogP contribution in [0.3, 0.4) is 0 Å². The van der Waals surface area contributed by atoms with E-state index in [0.29, 0.717) is 0 Å². The van der Waals surface area contributed by atoms with Crippen LogP contribution in [0.5, 0.6) is 0 Å². The van der Waals surface area contributed by atoms with E-state index in [0.717, 1.165) is 0 Å². The van der Waals surface area contributed by atoms with Gasteiger partial charge in [0.2, 0.25) is 0 Å². The molecule has 0 unspecified atom stereocenters. The van der Waals surface area contributed by atoms with E-state index in [4.69, 9.17) is 57.5 Å². The van der Waals surface area contributed by atoms with Crippen molar-refractivity contribution in [3.05, 3.63) is 0 Å². The minimum atomic E-state index is 0. The van der Waals surface area contributed by atoms with E-state index >= 15 is 0 Å². The smallest absolute Gasteiger partial charge is 0 e. The molecule has 0 aliphatic rings. The van der Waals surface area contributed by atoms with E-state index in [-0.39, 0.29) is 17.1 Å². The molecule has 0 aromatic heterocycles. The summed E-state index contributed by atoms with van der Waals surface area (Å²) in [4.78, 5) is 93.0. The van der Waals surface area contributed by atoms with Gasteiger partial charge in [-0.2, -0.15) is 0 Å². The minimum Gasteiger partial charge on any atom is -0.545 e. The molecule has 0 aromatic carbocycles. The molecule has 0 fully saturated rings. The summed E-state index contributed by atoms with van der Waals surface area (Å²) in [6, 6.07) is 0. The van der Waals surface area contributed by atoms with Gasteiger partial charge in [-0.15, -0.1) is 0 Å². The van der Waals surface area contributed by atoms with Crippen LogP contribution in [0.4, 0.5) is 0 Å². The van der Waals surface area contributed by atoms with Crippen molar-refractivity contribution in [2.24, 2.45) is 0 Å². The van der Waals surface area contributed by atoms with Crippen LogP contribution in [-0.4, -0.2) is 81.5 Å². The van der Waals surface area contributed by atoms with Crippen molar-refractivity contribution in [1.82, 2.24) is 0 Å². The average molecular weight is 404 g/mol. The van der Waals surface area contributed by atoms with Crippen molar-refractivity contribution in [1.29, 1.82) is 0 Å². The third kappa shape index (κ3) is 598. The summed E-state index contributed by atoms with van der Waals surface area (Å²) >= 11 is 0. The second-order valence-corrected chi connectivity index (χ2v) is 0. The van der Waals surface area contributed by atoms with Gasteiger partial charge in [0.05, 0.1) is 0 Å². The van der Waals surface area contributed by atoms with Gasteiger partial charge in [0.15, 0.2) is 0 Å². The molecule has 12 nitrogen and oxygen atoms in total. The summed E-state index contributed by atoms with van der Waals surface area (Å²) in [5, 5.41) is 0. The molecule has 0 saturated carbocycles. The zero-order chi connectivity index (χ0) is 24.0. The van der Waals surface area contributed by atoms with Gasteiger partial charge in [-0.25, -0.2) is 0 Å². The Morgan fingerprint density at radius 2 is 0.160 bits per heavy atom. The van der Waals surface area contributed by atoms with Gasteiger partial charge in [-0.3, -0.25) is 81.5 Å². The monoisotopic (exact) mass is 404 g/mol. The first-order valence-corrected chi connectivity index (χ1v) is 2.83. The van der Waals surface area contributed by atoms with E-state index in [1.54, 1.807) is 0 Å². The fourth-order valence-corrected chi connectivity index (χ4v) is 0. The van der Waals surface area contributed by atoms with Crippen LogP contribution in [0.1, 0.15) is 0 Å². The minimum absolute atomic E-state index is 0. The Balaban J connectivity index is -0.00000000569. The van der Waals surface area contributed by atoms with Crippen molar-refractivity contribution >= 4 is 81.5 Å². The van der Waals surface area contributed by atoms with E-state index in [1.165, 1.54) is 0 Å². The molecular formula is C12H12FeO12-12. The van der Waals surface area contributed by atoms with Gasteiger partial charge < -0.3 is 57.5 Å². The first-order chi connectivity index (χ1) is 12.0. The number of carbonyl (C=O) groups excluding carboxylic acids is 12. The zero-order valence-corrected chi connectivity index (χ0v) is 13.3. The predicted molar refractivity (Wildman–Crippen MR) is 81.0 cm³/mol. The first-order valence-electron chi connectivity index (χ1n) is 2.83. The number of rotatable bonds is 0. The second kappa shape index (κ2) is 664. The Labute approximate surface area is 156 Å². The van der Waals surface area contributed by atoms with Gasteiger partial charge in [-0.05, 0) is 0 Å². The molecule has 0 aliphatic carbocycles. The van der Waals surface area contributed by atoms with Gasteiger partial charge in [-0.1, -0.05) is 0 Å². The van der Waals surface area contributed by atoms with Gasteiger partial charge in [0, 0.05) is 17.1 Å². The van der Waals surface area contributed by atoms with Gasteiger partial charge >= 0.3 is 0 Å². The van der Waals surface area contributed by atoms with E-state index in [1.807, 2.05) is 0 Å². The summed E-state index contributed by atoms with van der Waals surface area (Å²) in [6.45, 7) is 39.0. The second-order valence-electron chi connectivity index (χ2n) is 0. The summed E-state index contributed by atoms with van der Waals surface area (Å²) in [7, 11) is 0. The fraction of sp³-hybridized carbons (Fsp3) is 0. The first kappa shape index (κ1) is 124. The Morgan fingerprint density at radius 3 is 0.160 bits per heavy atom. The molecule has 0 amide bonds. The molecule has 0 spiro atoms. The van der Waals surface area contributed by atoms with Crippen molar-refractivity contribution in [3.8, 4) is 0 Å². The van der Waals surface area contributed by atoms with Crippen molar-refractivity contribution in [2.75, 3.05) is 0 Å². The largest absolute Gasteiger partial charge is 0.545 e. The van der Waals surface area contributed by atoms with Crippen LogP contribution in [-0.2, 0) is 74.6 Å². The maximum Gasteiger partial charge on any atom is 0 e. The van der Waals surface area contributed by atoms with Crippen LogP contribution in [0.25, 0.3) is 0 Å². The number of hydrogen-bond acceptors (Lipinski definition) is 12. The average Bonchev–Trinajstić information content (AvgIpc) is 2.84. The Kier molecular flexibility index (Phi) is 3310. The summed E-state index contributed by atoms with van der Waals surface area (Å²) in [5.74, 6) is 0. The molecule has 0 aliphatic heterocycles. The fourth-order valence-electron chi connectivity index (χ4n) is 0. The molecule has 0 radical (unpaired) electrons. The Morgan fingerprint density at radius 1 is 0.160 bits per heavy atom. The molecule has 0 bridgehead atoms. The van der Waals surface area contributed by atoms with E-state index in [9.17, 15) is 0 Å². The molecular weight excluding hydrogens is 392 g/mol. The van der Waals surface area contributed by atoms with Crippen LogP contribution >= 0.6 is 0 Å². The van der Waals surface area contributed by atoms with Crippen molar-refractivity contribution in [2.45, 2.75) is 0 Å². The Bertz CT molecular complexity index is 73.1. The van der Waals surface area contributed by atoms with Gasteiger partial charge in [0.25, 0.3) is 0 Å². The maximum absolute atomic E-state index is 7.75. The predicted octanol–water partition coefficient (Wildman–Crippen LogP) is -3.29. The number of hydrogen-bond donors (Lipinski definition) is 0. The SMILES string of the molecule is [CH-]=O.[CH-]=O.[CH-]=O.[CH-]=O.[CH-]=O.[CH-]=O.[CH-]=O.[CH-]=O.[CH-]=O.[CH-]=O.[CH-]=O.[CH-]=O.[Fe]. The molecule has 0 aromatic rings. The molecule has 0 rings (SSSR count). The Hall–Kier alpha value is -3.44. The van der Waals surface area contributed by atoms with Crippen LogP contribution in [0.15, 0.2) is 0 Å². The van der Waals surface area contributed by atoms with Crippen molar-refractivity contribution < 1.29 is 74.6 Å². The third-order valence-corrected chi connectivity index (χ3v) is 0. The molecule has 152 valence electrons. The van der Waals surface area contributed by atoms with Crippen LogP contribution in [0, 0.1) is 0 Å². The van der Waals surface area contributed by atoms with Crippen molar-refractivity contribution in [3.63, 3.8) is 0 Å². The summed E-state index contributed by atoms with van der Waals surface area (Å²) < 4.78 is 0. The molecule has 0 saturated heterocycles.